The molecule has 4 unspecified atom stereocenters. The molecular formula is C31H39N9O5. The fourth-order valence-corrected chi connectivity index (χ4v) is 5.04. The maximum atomic E-state index is 13.9. The monoisotopic (exact) mass is 617 g/mol. The lowest BCUT2D eigenvalue weighted by molar-refractivity contribution is -0.141. The number of benzene rings is 2. The Morgan fingerprint density at radius 1 is 0.800 bits per heavy atom. The number of hydrogen-bond donors (Lipinski definition) is 9. The average molecular weight is 618 g/mol. The zero-order chi connectivity index (χ0) is 32.5. The molecule has 0 bridgehead atoms. The second-order valence-corrected chi connectivity index (χ2v) is 10.9. The zero-order valence-corrected chi connectivity index (χ0v) is 24.9. The molecule has 0 radical (unpaired) electrons. The summed E-state index contributed by atoms with van der Waals surface area (Å²) in [6.45, 7) is 1.63. The Morgan fingerprint density at radius 3 is 1.80 bits per heavy atom. The van der Waals surface area contributed by atoms with Gasteiger partial charge in [0.1, 0.15) is 18.1 Å². The molecule has 0 saturated carbocycles. The fourth-order valence-electron chi connectivity index (χ4n) is 5.04. The van der Waals surface area contributed by atoms with Gasteiger partial charge in [-0.15, -0.1) is 0 Å². The van der Waals surface area contributed by atoms with Crippen LogP contribution in [0.15, 0.2) is 65.9 Å². The van der Waals surface area contributed by atoms with Crippen LogP contribution in [-0.4, -0.2) is 75.4 Å². The Balaban J connectivity index is 1.58. The van der Waals surface area contributed by atoms with Gasteiger partial charge in [0.05, 0.1) is 6.04 Å². The zero-order valence-electron chi connectivity index (χ0n) is 24.9. The first-order chi connectivity index (χ1) is 21.5. The van der Waals surface area contributed by atoms with Crippen molar-refractivity contribution in [3.8, 4) is 0 Å². The number of aliphatic imine (C=N–C) groups is 1. The molecule has 0 spiro atoms. The molecule has 12 N–H and O–H groups in total. The van der Waals surface area contributed by atoms with Crippen molar-refractivity contribution in [2.75, 3.05) is 6.54 Å². The summed E-state index contributed by atoms with van der Waals surface area (Å²) in [5.41, 5.74) is 20.1. The van der Waals surface area contributed by atoms with Gasteiger partial charge in [0, 0.05) is 53.6 Å². The summed E-state index contributed by atoms with van der Waals surface area (Å²) in [6, 6.07) is 10.6. The summed E-state index contributed by atoms with van der Waals surface area (Å²) < 4.78 is 0. The molecule has 0 fully saturated rings. The van der Waals surface area contributed by atoms with E-state index in [1.807, 2.05) is 48.5 Å². The van der Waals surface area contributed by atoms with E-state index in [4.69, 9.17) is 17.2 Å². The first kappa shape index (κ1) is 32.5. The van der Waals surface area contributed by atoms with Crippen LogP contribution in [0.3, 0.4) is 0 Å². The second kappa shape index (κ2) is 14.9. The summed E-state index contributed by atoms with van der Waals surface area (Å²) in [5.74, 6) is -3.16. The molecule has 14 nitrogen and oxygen atoms in total. The quantitative estimate of drug-likeness (QED) is 0.0511. The predicted octanol–water partition coefficient (Wildman–Crippen LogP) is 0.374. The number of nitrogens with zero attached hydrogens (tertiary/aromatic N) is 1. The molecule has 2 heterocycles. The van der Waals surface area contributed by atoms with Crippen molar-refractivity contribution in [1.82, 2.24) is 25.9 Å². The van der Waals surface area contributed by atoms with Gasteiger partial charge >= 0.3 is 5.97 Å². The van der Waals surface area contributed by atoms with Crippen molar-refractivity contribution in [2.24, 2.45) is 22.2 Å². The summed E-state index contributed by atoms with van der Waals surface area (Å²) in [4.78, 5) is 62.1. The van der Waals surface area contributed by atoms with Gasteiger partial charge in [-0.1, -0.05) is 36.4 Å². The molecule has 3 amide bonds. The molecule has 2 aromatic carbocycles. The summed E-state index contributed by atoms with van der Waals surface area (Å²) in [5, 5.41) is 19.1. The normalized spacial score (nSPS) is 13.8. The standard InChI is InChI=1S/C31H39N9O5/c1-17(30(44)45)38-28(42)25(13-18-15-36-23-10-4-2-7-20(18)23)40-29(43)26(14-19-16-37-24-11-5-3-8-21(19)24)39-27(41)22(32)9-6-12-35-31(33)34/h2-5,7-8,10-11,15-17,22,25-26,36-37H,6,9,12-14,32H2,1H3,(H,38,42)(H,39,41)(H,40,43)(H,44,45)(H4,33,34,35). The highest BCUT2D eigenvalue weighted by atomic mass is 16.4. The minimum atomic E-state index is -1.22. The number of H-pyrrole nitrogens is 2. The second-order valence-electron chi connectivity index (χ2n) is 10.9. The van der Waals surface area contributed by atoms with Crippen molar-refractivity contribution >= 4 is 51.5 Å². The van der Waals surface area contributed by atoms with Gasteiger partial charge in [0.2, 0.25) is 17.7 Å². The highest BCUT2D eigenvalue weighted by Crippen LogP contribution is 2.21. The molecule has 2 aromatic heterocycles. The lowest BCUT2D eigenvalue weighted by Gasteiger charge is -2.25. The smallest absolute Gasteiger partial charge is 0.325 e. The number of nitrogens with one attached hydrogen (secondary N) is 5. The third-order valence-corrected chi connectivity index (χ3v) is 7.50. The van der Waals surface area contributed by atoms with E-state index in [0.29, 0.717) is 13.0 Å². The van der Waals surface area contributed by atoms with Crippen molar-refractivity contribution in [1.29, 1.82) is 0 Å². The Kier molecular flexibility index (Phi) is 10.8. The number of rotatable bonds is 15. The van der Waals surface area contributed by atoms with Crippen LogP contribution in [0.1, 0.15) is 30.9 Å². The number of guanidine groups is 1. The van der Waals surface area contributed by atoms with Crippen LogP contribution in [0.2, 0.25) is 0 Å². The van der Waals surface area contributed by atoms with Gasteiger partial charge in [-0.25, -0.2) is 0 Å². The fraction of sp³-hybridized carbons (Fsp3) is 0.323. The van der Waals surface area contributed by atoms with Crippen LogP contribution in [0, 0.1) is 0 Å². The minimum Gasteiger partial charge on any atom is -0.480 e. The first-order valence-electron chi connectivity index (χ1n) is 14.6. The third-order valence-electron chi connectivity index (χ3n) is 7.50. The molecule has 0 aliphatic carbocycles. The van der Waals surface area contributed by atoms with E-state index in [2.05, 4.69) is 30.9 Å². The number of aliphatic carboxylic acids is 1. The molecule has 0 saturated heterocycles. The van der Waals surface area contributed by atoms with E-state index in [0.717, 1.165) is 32.9 Å². The number of amides is 3. The summed E-state index contributed by atoms with van der Waals surface area (Å²) in [7, 11) is 0. The van der Waals surface area contributed by atoms with E-state index in [9.17, 15) is 24.3 Å². The number of aromatic amines is 2. The maximum absolute atomic E-state index is 13.9. The lowest BCUT2D eigenvalue weighted by Crippen LogP contribution is -2.57. The molecule has 0 aliphatic rings. The van der Waals surface area contributed by atoms with Crippen LogP contribution in [0.4, 0.5) is 0 Å². The molecular weight excluding hydrogens is 578 g/mol. The molecule has 4 aromatic rings. The van der Waals surface area contributed by atoms with E-state index in [1.165, 1.54) is 6.92 Å². The molecule has 14 heteroatoms. The van der Waals surface area contributed by atoms with E-state index in [1.54, 1.807) is 12.4 Å². The van der Waals surface area contributed by atoms with Crippen LogP contribution in [0.5, 0.6) is 0 Å². The Hall–Kier alpha value is -5.37. The van der Waals surface area contributed by atoms with Crippen LogP contribution in [-0.2, 0) is 32.0 Å². The van der Waals surface area contributed by atoms with Crippen LogP contribution < -0.4 is 33.2 Å². The van der Waals surface area contributed by atoms with E-state index < -0.39 is 47.9 Å². The number of aromatic nitrogens is 2. The van der Waals surface area contributed by atoms with Gasteiger partial charge in [0.25, 0.3) is 0 Å². The number of carbonyl (C=O) groups excluding carboxylic acids is 3. The maximum Gasteiger partial charge on any atom is 0.325 e. The molecule has 238 valence electrons. The van der Waals surface area contributed by atoms with E-state index in [-0.39, 0.29) is 25.2 Å². The number of fused-ring (bicyclic) bond motifs is 2. The van der Waals surface area contributed by atoms with Gasteiger partial charge in [-0.3, -0.25) is 24.2 Å². The Bertz CT molecular complexity index is 1690. The van der Waals surface area contributed by atoms with E-state index >= 15 is 0 Å². The lowest BCUT2D eigenvalue weighted by atomic mass is 10.0. The van der Waals surface area contributed by atoms with Crippen LogP contribution >= 0.6 is 0 Å². The molecule has 4 rings (SSSR count). The van der Waals surface area contributed by atoms with Crippen LogP contribution in [0.25, 0.3) is 21.8 Å². The number of para-hydroxylation sites is 2. The molecule has 45 heavy (non-hydrogen) atoms. The average Bonchev–Trinajstić information content (AvgIpc) is 3.62. The molecule has 0 aliphatic heterocycles. The number of hydrogen-bond acceptors (Lipinski definition) is 6. The van der Waals surface area contributed by atoms with Crippen molar-refractivity contribution in [3.63, 3.8) is 0 Å². The van der Waals surface area contributed by atoms with Crippen molar-refractivity contribution in [2.45, 2.75) is 56.8 Å². The number of carboxylic acids is 1. The Morgan fingerprint density at radius 2 is 1.29 bits per heavy atom. The highest BCUT2D eigenvalue weighted by Gasteiger charge is 2.30. The van der Waals surface area contributed by atoms with Crippen molar-refractivity contribution in [3.05, 3.63) is 72.1 Å². The first-order valence-corrected chi connectivity index (χ1v) is 14.6. The van der Waals surface area contributed by atoms with Gasteiger partial charge in [-0.2, -0.15) is 0 Å². The minimum absolute atomic E-state index is 0.0615. The van der Waals surface area contributed by atoms with Gasteiger partial charge in [-0.05, 0) is 43.0 Å². The van der Waals surface area contributed by atoms with Gasteiger partial charge in [0.15, 0.2) is 5.96 Å². The van der Waals surface area contributed by atoms with Gasteiger partial charge < -0.3 is 48.2 Å². The number of carboxylic acid groups (broad SMARTS) is 1. The topological polar surface area (TPSA) is 247 Å². The summed E-state index contributed by atoms with van der Waals surface area (Å²) in [6.07, 6.45) is 4.37. The molecule has 4 atom stereocenters. The SMILES string of the molecule is CC(NC(=O)C(Cc1c[nH]c2ccccc12)NC(=O)C(Cc1c[nH]c2ccccc12)NC(=O)C(N)CCCN=C(N)N)C(=O)O. The highest BCUT2D eigenvalue weighted by molar-refractivity contribution is 5.95. The largest absolute Gasteiger partial charge is 0.480 e. The summed E-state index contributed by atoms with van der Waals surface area (Å²) >= 11 is 0. The number of carbonyl (C=O) groups is 4. The van der Waals surface area contributed by atoms with Crippen molar-refractivity contribution < 1.29 is 24.3 Å². The predicted molar refractivity (Wildman–Crippen MR) is 171 cm³/mol. The number of nitrogens with two attached hydrogens (primary N) is 3. The third kappa shape index (κ3) is 8.60. The Labute approximate surface area is 259 Å².